The van der Waals surface area contributed by atoms with Crippen LogP contribution < -0.4 is 0 Å². The first kappa shape index (κ1) is 10.0. The van der Waals surface area contributed by atoms with Gasteiger partial charge in [0.25, 0.3) is 0 Å². The fourth-order valence-electron chi connectivity index (χ4n) is 0.388. The van der Waals surface area contributed by atoms with Crippen molar-refractivity contribution in [3.05, 3.63) is 0 Å². The molecular formula is C6H15B2FO. The Hall–Kier alpha value is 0.0199. The molecule has 0 radical (unpaired) electrons. The molecule has 0 aromatic heterocycles. The maximum atomic E-state index is 12.8. The molecule has 0 saturated heterocycles. The molecule has 0 aliphatic carbocycles. The lowest BCUT2D eigenvalue weighted by atomic mass is 9.68. The molecule has 0 heterocycles. The van der Waals surface area contributed by atoms with Gasteiger partial charge in [-0.05, 0) is 20.8 Å². The van der Waals surface area contributed by atoms with Crippen LogP contribution in [0.25, 0.3) is 0 Å². The molecule has 0 unspecified atom stereocenters. The summed E-state index contributed by atoms with van der Waals surface area (Å²) in [7, 11) is 3.03. The molecule has 0 fully saturated rings. The second-order valence-corrected chi connectivity index (χ2v) is 4.12. The second-order valence-electron chi connectivity index (χ2n) is 4.12. The van der Waals surface area contributed by atoms with E-state index in [2.05, 4.69) is 0 Å². The van der Waals surface area contributed by atoms with E-state index in [1.165, 1.54) is 15.7 Å². The lowest BCUT2D eigenvalue weighted by Gasteiger charge is -2.24. The van der Waals surface area contributed by atoms with Crippen molar-refractivity contribution >= 4 is 15.7 Å². The molecule has 10 heavy (non-hydrogen) atoms. The monoisotopic (exact) mass is 144 g/mol. The molecule has 0 spiro atoms. The normalized spacial score (nSPS) is 13.6. The number of rotatable bonds is 2. The molecule has 0 rings (SSSR count). The third kappa shape index (κ3) is 8.02. The van der Waals surface area contributed by atoms with Gasteiger partial charge < -0.3 is 4.74 Å². The van der Waals surface area contributed by atoms with Crippen LogP contribution in [0, 0.1) is 0 Å². The van der Waals surface area contributed by atoms with E-state index in [4.69, 9.17) is 4.74 Å². The summed E-state index contributed by atoms with van der Waals surface area (Å²) >= 11 is 0. The van der Waals surface area contributed by atoms with Gasteiger partial charge in [0.05, 0.1) is 17.7 Å². The third-order valence-corrected chi connectivity index (χ3v) is 0.848. The quantitative estimate of drug-likeness (QED) is 0.483. The number of hydrogen-bond acceptors (Lipinski definition) is 1. The highest BCUT2D eigenvalue weighted by atomic mass is 19.1. The molecule has 0 aliphatic rings. The average molecular weight is 144 g/mol. The Kier molecular flexibility index (Phi) is 2.96. The zero-order valence-electron chi connectivity index (χ0n) is 7.49. The third-order valence-electron chi connectivity index (χ3n) is 0.848. The van der Waals surface area contributed by atoms with Crippen LogP contribution in [0.2, 0.25) is 0 Å². The Morgan fingerprint density at radius 2 is 1.70 bits per heavy atom. The van der Waals surface area contributed by atoms with Crippen molar-refractivity contribution in [3.8, 4) is 0 Å². The van der Waals surface area contributed by atoms with Gasteiger partial charge in [-0.3, -0.25) is 4.39 Å². The first-order valence-electron chi connectivity index (χ1n) is 3.54. The van der Waals surface area contributed by atoms with Crippen molar-refractivity contribution in [3.63, 3.8) is 0 Å². The van der Waals surface area contributed by atoms with Crippen LogP contribution in [0.15, 0.2) is 0 Å². The van der Waals surface area contributed by atoms with Gasteiger partial charge in [0.15, 0.2) is 0 Å². The lowest BCUT2D eigenvalue weighted by Crippen LogP contribution is -2.34. The van der Waals surface area contributed by atoms with Crippen LogP contribution in [0.3, 0.4) is 0 Å². The Morgan fingerprint density at radius 3 is 1.80 bits per heavy atom. The van der Waals surface area contributed by atoms with Crippen molar-refractivity contribution in [2.45, 2.75) is 31.8 Å². The summed E-state index contributed by atoms with van der Waals surface area (Å²) in [6, 6.07) is 0. The highest BCUT2D eigenvalue weighted by Gasteiger charge is 2.20. The Bertz CT molecular complexity index is 89.3. The maximum Gasteiger partial charge on any atom is 0.141 e. The predicted octanol–water partition coefficient (Wildman–Crippen LogP) is -0.309. The van der Waals surface area contributed by atoms with Gasteiger partial charge in [-0.1, -0.05) is 0 Å². The van der Waals surface area contributed by atoms with Gasteiger partial charge in [0.1, 0.15) is 15.7 Å². The van der Waals surface area contributed by atoms with Crippen LogP contribution in [0.5, 0.6) is 0 Å². The molecule has 0 bridgehead atoms. The first-order chi connectivity index (χ1) is 4.21. The minimum atomic E-state index is -1.21. The molecule has 0 amide bonds. The molecule has 4 heteroatoms. The number of halogens is 1. The van der Waals surface area contributed by atoms with Crippen LogP contribution >= 0.6 is 0 Å². The van der Waals surface area contributed by atoms with Gasteiger partial charge in [-0.2, -0.15) is 0 Å². The van der Waals surface area contributed by atoms with Crippen molar-refractivity contribution in [1.29, 1.82) is 0 Å². The van der Waals surface area contributed by atoms with E-state index in [-0.39, 0.29) is 12.2 Å². The van der Waals surface area contributed by atoms with E-state index >= 15 is 0 Å². The minimum Gasteiger partial charge on any atom is -0.374 e. The average Bonchev–Trinajstić information content (AvgIpc) is 1.57. The molecule has 0 aromatic rings. The zero-order chi connectivity index (χ0) is 8.41. The summed E-state index contributed by atoms with van der Waals surface area (Å²) in [5.41, 5.74) is -1.45. The van der Waals surface area contributed by atoms with Gasteiger partial charge in [-0.15, -0.1) is 0 Å². The molecule has 58 valence electrons. The highest BCUT2D eigenvalue weighted by molar-refractivity contribution is 6.39. The molecule has 1 nitrogen and oxygen atoms in total. The Labute approximate surface area is 64.1 Å². The first-order valence-corrected chi connectivity index (χ1v) is 3.54. The summed E-state index contributed by atoms with van der Waals surface area (Å²) in [6.45, 7) is 5.91. The zero-order valence-corrected chi connectivity index (χ0v) is 7.49. The van der Waals surface area contributed by atoms with Crippen LogP contribution in [-0.4, -0.2) is 33.4 Å². The number of alkyl halides is 1. The van der Waals surface area contributed by atoms with E-state index in [9.17, 15) is 4.39 Å². The smallest absolute Gasteiger partial charge is 0.141 e. The van der Waals surface area contributed by atoms with Crippen molar-refractivity contribution in [2.24, 2.45) is 0 Å². The minimum absolute atomic E-state index is 0.163. The van der Waals surface area contributed by atoms with E-state index in [1.807, 2.05) is 20.8 Å². The van der Waals surface area contributed by atoms with Crippen molar-refractivity contribution in [2.75, 3.05) is 6.61 Å². The van der Waals surface area contributed by atoms with E-state index < -0.39 is 5.47 Å². The molecular weight excluding hydrogens is 129 g/mol. The molecule has 0 aromatic carbocycles. The van der Waals surface area contributed by atoms with Crippen molar-refractivity contribution < 1.29 is 9.13 Å². The maximum absolute atomic E-state index is 12.8. The largest absolute Gasteiger partial charge is 0.374 e. The van der Waals surface area contributed by atoms with Gasteiger partial charge in [0, 0.05) is 0 Å². The standard InChI is InChI=1S/C6H15B2FO/c1-5(2,3)10-4-6(7,8)9/h4,7-8H2,1-3H3. The highest BCUT2D eigenvalue weighted by Crippen LogP contribution is 2.10. The second kappa shape index (κ2) is 2.95. The number of hydrogen-bond donors (Lipinski definition) is 0. The summed E-state index contributed by atoms with van der Waals surface area (Å²) < 4.78 is 18.0. The predicted molar refractivity (Wildman–Crippen MR) is 46.6 cm³/mol. The molecule has 0 atom stereocenters. The topological polar surface area (TPSA) is 9.23 Å². The lowest BCUT2D eigenvalue weighted by molar-refractivity contribution is -0.0231. The van der Waals surface area contributed by atoms with Gasteiger partial charge in [-0.25, -0.2) is 0 Å². The fourth-order valence-corrected chi connectivity index (χ4v) is 0.388. The fraction of sp³-hybridized carbons (Fsp3) is 1.00. The van der Waals surface area contributed by atoms with E-state index in [0.717, 1.165) is 0 Å². The van der Waals surface area contributed by atoms with Crippen molar-refractivity contribution in [1.82, 2.24) is 0 Å². The van der Waals surface area contributed by atoms with Crippen LogP contribution in [0.4, 0.5) is 4.39 Å². The van der Waals surface area contributed by atoms with E-state index in [1.54, 1.807) is 0 Å². The Balaban J connectivity index is 3.56. The summed E-state index contributed by atoms with van der Waals surface area (Å²) in [6.07, 6.45) is 0. The van der Waals surface area contributed by atoms with Gasteiger partial charge >= 0.3 is 0 Å². The van der Waals surface area contributed by atoms with Crippen LogP contribution in [-0.2, 0) is 4.74 Å². The van der Waals surface area contributed by atoms with E-state index in [0.29, 0.717) is 0 Å². The summed E-state index contributed by atoms with van der Waals surface area (Å²) in [5, 5.41) is 0. The summed E-state index contributed by atoms with van der Waals surface area (Å²) in [5.74, 6) is 0. The molecule has 0 aliphatic heterocycles. The van der Waals surface area contributed by atoms with Gasteiger partial charge in [0.2, 0.25) is 0 Å². The SMILES string of the molecule is BC(B)(F)COC(C)(C)C. The van der Waals surface area contributed by atoms with Crippen LogP contribution in [0.1, 0.15) is 20.8 Å². The summed E-state index contributed by atoms with van der Waals surface area (Å²) in [4.78, 5) is 0. The molecule has 0 saturated carbocycles. The Morgan fingerprint density at radius 1 is 1.30 bits per heavy atom. The molecule has 0 N–H and O–H groups in total. The number of ether oxygens (including phenoxy) is 1.